The molecule has 0 bridgehead atoms. The molecule has 0 spiro atoms. The van der Waals surface area contributed by atoms with Crippen LogP contribution < -0.4 is 5.32 Å². The van der Waals surface area contributed by atoms with Crippen molar-refractivity contribution in [3.05, 3.63) is 26.8 Å². The van der Waals surface area contributed by atoms with Crippen molar-refractivity contribution in [3.63, 3.8) is 0 Å². The molecule has 5 heteroatoms. The summed E-state index contributed by atoms with van der Waals surface area (Å²) in [5, 5.41) is 5.02. The van der Waals surface area contributed by atoms with Crippen LogP contribution in [-0.2, 0) is 0 Å². The molecule has 1 N–H and O–H groups in total. The summed E-state index contributed by atoms with van der Waals surface area (Å²) in [4.78, 5) is 4.69. The molecule has 0 aliphatic carbocycles. The molecule has 0 amide bonds. The first-order chi connectivity index (χ1) is 7.96. The molecule has 0 radical (unpaired) electrons. The molecule has 92 valence electrons. The molecule has 2 nitrogen and oxygen atoms in total. The van der Waals surface area contributed by atoms with E-state index in [1.165, 1.54) is 0 Å². The molecule has 1 aliphatic heterocycles. The zero-order valence-corrected chi connectivity index (χ0v) is 13.5. The maximum Gasteiger partial charge on any atom is 0.161 e. The predicted molar refractivity (Wildman–Crippen MR) is 86.4 cm³/mol. The number of hydrogen-bond acceptors (Lipinski definition) is 3. The van der Waals surface area contributed by atoms with Crippen LogP contribution in [0.5, 0.6) is 0 Å². The molecule has 0 aromatic heterocycles. The summed E-state index contributed by atoms with van der Waals surface area (Å²) >= 11 is 10.2. The van der Waals surface area contributed by atoms with Crippen LogP contribution in [0.1, 0.15) is 20.3 Å². The molecule has 0 saturated heterocycles. The summed E-state index contributed by atoms with van der Waals surface area (Å²) in [5.74, 6) is 1.10. The quantitative estimate of drug-likeness (QED) is 0.719. The van der Waals surface area contributed by atoms with Crippen LogP contribution in [0.2, 0.25) is 5.02 Å². The number of nitrogens with one attached hydrogen (secondary N) is 1. The van der Waals surface area contributed by atoms with E-state index < -0.39 is 0 Å². The van der Waals surface area contributed by atoms with Gasteiger partial charge in [-0.05, 0) is 61.1 Å². The summed E-state index contributed by atoms with van der Waals surface area (Å²) in [6, 6.07) is 5.94. The van der Waals surface area contributed by atoms with Gasteiger partial charge in [0.1, 0.15) is 0 Å². The van der Waals surface area contributed by atoms with Gasteiger partial charge in [-0.25, -0.2) is 0 Å². The van der Waals surface area contributed by atoms with Gasteiger partial charge in [-0.2, -0.15) is 0 Å². The predicted octanol–water partition coefficient (Wildman–Crippen LogP) is 4.63. The molecule has 2 rings (SSSR count). The molecule has 1 aromatic rings. The fraction of sp³-hybridized carbons (Fsp3) is 0.417. The standard InChI is InChI=1S/C12H14ClIN2S/c1-12(2)5-6-17-11(16-12)15-10-7-8(14)3-4-9(10)13/h3-4,7H,5-6H2,1-2H3,(H,15,16). The third-order valence-electron chi connectivity index (χ3n) is 2.53. The number of anilines is 1. The lowest BCUT2D eigenvalue weighted by molar-refractivity contribution is 0.507. The van der Waals surface area contributed by atoms with E-state index in [4.69, 9.17) is 11.6 Å². The Morgan fingerprint density at radius 3 is 2.94 bits per heavy atom. The van der Waals surface area contributed by atoms with Crippen molar-refractivity contribution < 1.29 is 0 Å². The Morgan fingerprint density at radius 1 is 1.47 bits per heavy atom. The molecule has 0 saturated carbocycles. The largest absolute Gasteiger partial charge is 0.334 e. The van der Waals surface area contributed by atoms with Gasteiger partial charge in [0.05, 0.1) is 16.2 Å². The Labute approximate surface area is 125 Å². The lowest BCUT2D eigenvalue weighted by Crippen LogP contribution is -2.27. The minimum absolute atomic E-state index is 0.0298. The second-order valence-corrected chi connectivity index (χ2v) is 7.31. The topological polar surface area (TPSA) is 24.4 Å². The molecule has 1 aliphatic rings. The normalized spacial score (nSPS) is 18.7. The van der Waals surface area contributed by atoms with Crippen LogP contribution in [0.25, 0.3) is 0 Å². The van der Waals surface area contributed by atoms with Crippen molar-refractivity contribution in [2.75, 3.05) is 11.1 Å². The number of amidine groups is 1. The maximum absolute atomic E-state index is 6.16. The van der Waals surface area contributed by atoms with Gasteiger partial charge in [0, 0.05) is 9.32 Å². The van der Waals surface area contributed by atoms with Crippen LogP contribution >= 0.6 is 46.0 Å². The monoisotopic (exact) mass is 380 g/mol. The highest BCUT2D eigenvalue weighted by atomic mass is 127. The highest BCUT2D eigenvalue weighted by Crippen LogP contribution is 2.29. The summed E-state index contributed by atoms with van der Waals surface area (Å²) in [6.45, 7) is 4.31. The highest BCUT2D eigenvalue weighted by Gasteiger charge is 2.22. The van der Waals surface area contributed by atoms with E-state index in [-0.39, 0.29) is 5.54 Å². The number of aliphatic imine (C=N–C) groups is 1. The number of benzene rings is 1. The van der Waals surface area contributed by atoms with Gasteiger partial charge >= 0.3 is 0 Å². The van der Waals surface area contributed by atoms with E-state index in [1.54, 1.807) is 11.8 Å². The van der Waals surface area contributed by atoms with E-state index in [0.717, 1.165) is 31.6 Å². The Hall–Kier alpha value is 0.0600. The average Bonchev–Trinajstić information content (AvgIpc) is 2.22. The molecule has 1 heterocycles. The van der Waals surface area contributed by atoms with E-state index in [9.17, 15) is 0 Å². The lowest BCUT2D eigenvalue weighted by atomic mass is 10.0. The van der Waals surface area contributed by atoms with Gasteiger partial charge in [-0.1, -0.05) is 23.4 Å². The maximum atomic E-state index is 6.16. The molecular weight excluding hydrogens is 367 g/mol. The molecule has 1 aromatic carbocycles. The van der Waals surface area contributed by atoms with Crippen molar-refractivity contribution in [2.45, 2.75) is 25.8 Å². The summed E-state index contributed by atoms with van der Waals surface area (Å²) in [5.41, 5.74) is 0.963. The van der Waals surface area contributed by atoms with Gasteiger partial charge in [0.2, 0.25) is 0 Å². The molecule has 0 fully saturated rings. The van der Waals surface area contributed by atoms with Crippen molar-refractivity contribution in [2.24, 2.45) is 4.99 Å². The zero-order chi connectivity index (χ0) is 12.5. The number of halogens is 2. The minimum Gasteiger partial charge on any atom is -0.334 e. The van der Waals surface area contributed by atoms with E-state index >= 15 is 0 Å². The van der Waals surface area contributed by atoms with Crippen LogP contribution in [0.3, 0.4) is 0 Å². The zero-order valence-electron chi connectivity index (χ0n) is 9.76. The number of hydrogen-bond donors (Lipinski definition) is 1. The summed E-state index contributed by atoms with van der Waals surface area (Å²) in [6.07, 6.45) is 1.11. The van der Waals surface area contributed by atoms with Gasteiger partial charge < -0.3 is 5.32 Å². The molecule has 0 unspecified atom stereocenters. The average molecular weight is 381 g/mol. The van der Waals surface area contributed by atoms with Gasteiger partial charge in [0.25, 0.3) is 0 Å². The Kier molecular flexibility index (Phi) is 4.26. The second kappa shape index (κ2) is 5.36. The minimum atomic E-state index is 0.0298. The van der Waals surface area contributed by atoms with Crippen molar-refractivity contribution in [1.29, 1.82) is 0 Å². The van der Waals surface area contributed by atoms with E-state index in [1.807, 2.05) is 18.2 Å². The van der Waals surface area contributed by atoms with E-state index in [0.29, 0.717) is 0 Å². The van der Waals surface area contributed by atoms with Crippen molar-refractivity contribution in [3.8, 4) is 0 Å². The Balaban J connectivity index is 2.21. The first-order valence-corrected chi connectivity index (χ1v) is 7.85. The summed E-state index contributed by atoms with van der Waals surface area (Å²) < 4.78 is 1.16. The first-order valence-electron chi connectivity index (χ1n) is 5.41. The first kappa shape index (κ1) is 13.5. The fourth-order valence-electron chi connectivity index (χ4n) is 1.53. The van der Waals surface area contributed by atoms with Crippen LogP contribution in [0.15, 0.2) is 23.2 Å². The lowest BCUT2D eigenvalue weighted by Gasteiger charge is -2.26. The van der Waals surface area contributed by atoms with Crippen LogP contribution in [-0.4, -0.2) is 16.5 Å². The van der Waals surface area contributed by atoms with Crippen LogP contribution in [0.4, 0.5) is 5.69 Å². The third kappa shape index (κ3) is 3.76. The molecule has 17 heavy (non-hydrogen) atoms. The fourth-order valence-corrected chi connectivity index (χ4v) is 3.48. The molecular formula is C12H14ClIN2S. The highest BCUT2D eigenvalue weighted by molar-refractivity contribution is 14.1. The van der Waals surface area contributed by atoms with Crippen molar-refractivity contribution in [1.82, 2.24) is 0 Å². The summed E-state index contributed by atoms with van der Waals surface area (Å²) in [7, 11) is 0. The smallest absolute Gasteiger partial charge is 0.161 e. The third-order valence-corrected chi connectivity index (χ3v) is 4.40. The van der Waals surface area contributed by atoms with E-state index in [2.05, 4.69) is 46.7 Å². The Morgan fingerprint density at radius 2 is 2.24 bits per heavy atom. The number of nitrogens with zero attached hydrogens (tertiary/aromatic N) is 1. The van der Waals surface area contributed by atoms with Crippen LogP contribution in [0, 0.1) is 3.57 Å². The number of rotatable bonds is 1. The van der Waals surface area contributed by atoms with Gasteiger partial charge in [0.15, 0.2) is 5.17 Å². The van der Waals surface area contributed by atoms with Gasteiger partial charge in [-0.3, -0.25) is 4.99 Å². The SMILES string of the molecule is CC1(C)CCSC(Nc2cc(I)ccc2Cl)=N1. The molecule has 0 atom stereocenters. The Bertz CT molecular complexity index is 460. The van der Waals surface area contributed by atoms with Crippen molar-refractivity contribution >= 4 is 56.8 Å². The van der Waals surface area contributed by atoms with Gasteiger partial charge in [-0.15, -0.1) is 0 Å². The number of thioether (sulfide) groups is 1. The second-order valence-electron chi connectivity index (χ2n) is 4.58.